The van der Waals surface area contributed by atoms with Crippen LogP contribution in [0, 0.1) is 0 Å². The molecule has 0 aliphatic carbocycles. The van der Waals surface area contributed by atoms with Crippen molar-refractivity contribution in [3.8, 4) is 0 Å². The lowest BCUT2D eigenvalue weighted by Crippen LogP contribution is -2.37. The summed E-state index contributed by atoms with van der Waals surface area (Å²) in [6, 6.07) is -0.309. The minimum absolute atomic E-state index is 0.0632. The van der Waals surface area contributed by atoms with Gasteiger partial charge in [-0.15, -0.1) is 11.6 Å². The molecule has 14 heavy (non-hydrogen) atoms. The molecular formula is C8H16ClNO4. The molecule has 0 heterocycles. The Labute approximate surface area is 87.8 Å². The first-order chi connectivity index (χ1) is 6.34. The van der Waals surface area contributed by atoms with Gasteiger partial charge in [-0.05, 0) is 13.3 Å². The molecule has 0 fully saturated rings. The van der Waals surface area contributed by atoms with Crippen LogP contribution in [0.15, 0.2) is 0 Å². The number of halogens is 1. The summed E-state index contributed by atoms with van der Waals surface area (Å²) in [7, 11) is 0. The van der Waals surface area contributed by atoms with E-state index < -0.39 is 23.7 Å². The third kappa shape index (κ3) is 5.39. The van der Waals surface area contributed by atoms with Crippen LogP contribution in [0.4, 0.5) is 0 Å². The molecule has 6 heteroatoms. The number of hydrogen-bond acceptors (Lipinski definition) is 5. The molecule has 0 aromatic carbocycles. The summed E-state index contributed by atoms with van der Waals surface area (Å²) in [4.78, 5) is 10.4. The van der Waals surface area contributed by atoms with E-state index >= 15 is 0 Å². The van der Waals surface area contributed by atoms with Crippen LogP contribution in [0.2, 0.25) is 0 Å². The van der Waals surface area contributed by atoms with Gasteiger partial charge < -0.3 is 20.7 Å². The molecule has 0 saturated carbocycles. The van der Waals surface area contributed by atoms with Crippen molar-refractivity contribution >= 4 is 17.6 Å². The molecule has 0 aliphatic heterocycles. The Balaban J connectivity index is 3.94. The van der Waals surface area contributed by atoms with E-state index in [0.29, 0.717) is 0 Å². The van der Waals surface area contributed by atoms with E-state index in [1.807, 2.05) is 0 Å². The van der Waals surface area contributed by atoms with Crippen LogP contribution in [0.3, 0.4) is 0 Å². The average molecular weight is 226 g/mol. The Hall–Kier alpha value is -0.360. The van der Waals surface area contributed by atoms with Gasteiger partial charge in [-0.1, -0.05) is 0 Å². The van der Waals surface area contributed by atoms with E-state index in [1.165, 1.54) is 0 Å². The molecule has 84 valence electrons. The number of aliphatic hydroxyl groups excluding tert-OH is 2. The van der Waals surface area contributed by atoms with Crippen molar-refractivity contribution in [2.24, 2.45) is 5.73 Å². The second-order valence-corrected chi connectivity index (χ2v) is 3.74. The molecule has 0 aromatic heterocycles. The topological polar surface area (TPSA) is 92.8 Å². The van der Waals surface area contributed by atoms with Crippen LogP contribution in [-0.2, 0) is 9.53 Å². The minimum atomic E-state index is -1.55. The summed E-state index contributed by atoms with van der Waals surface area (Å²) in [5, 5.41) is 18.0. The fourth-order valence-electron chi connectivity index (χ4n) is 0.810. The zero-order valence-electron chi connectivity index (χ0n) is 8.18. The third-order valence-electron chi connectivity index (χ3n) is 1.65. The highest BCUT2D eigenvalue weighted by Gasteiger charge is 2.23. The molecule has 4 N–H and O–H groups in total. The number of esters is 1. The van der Waals surface area contributed by atoms with Crippen molar-refractivity contribution in [2.75, 3.05) is 0 Å². The second-order valence-electron chi connectivity index (χ2n) is 3.18. The van der Waals surface area contributed by atoms with Gasteiger partial charge >= 0.3 is 5.97 Å². The predicted molar refractivity (Wildman–Crippen MR) is 51.7 cm³/mol. The first-order valence-corrected chi connectivity index (χ1v) is 4.71. The van der Waals surface area contributed by atoms with Crippen molar-refractivity contribution in [2.45, 2.75) is 44.1 Å². The largest absolute Gasteiger partial charge is 0.433 e. The van der Waals surface area contributed by atoms with Gasteiger partial charge in [-0.2, -0.15) is 0 Å². The van der Waals surface area contributed by atoms with Gasteiger partial charge in [0.25, 0.3) is 0 Å². The normalized spacial score (nSPS) is 19.6. The summed E-state index contributed by atoms with van der Waals surface area (Å²) in [6.07, 6.45) is -2.70. The average Bonchev–Trinajstić information content (AvgIpc) is 2.02. The van der Waals surface area contributed by atoms with Crippen LogP contribution in [-0.4, -0.2) is 40.0 Å². The summed E-state index contributed by atoms with van der Waals surface area (Å²) in [5.41, 5.74) is 5.45. The zero-order chi connectivity index (χ0) is 11.3. The SMILES string of the molecule is CC(=O)OC(O)C(O)CC(Cl)C(C)N. The number of ether oxygens (including phenoxy) is 1. The van der Waals surface area contributed by atoms with Crippen molar-refractivity contribution in [1.29, 1.82) is 0 Å². The van der Waals surface area contributed by atoms with Crippen LogP contribution >= 0.6 is 11.6 Å². The first-order valence-electron chi connectivity index (χ1n) is 4.27. The lowest BCUT2D eigenvalue weighted by Gasteiger charge is -2.21. The molecule has 0 amide bonds. The fraction of sp³-hybridized carbons (Fsp3) is 0.875. The van der Waals surface area contributed by atoms with Crippen LogP contribution in [0.5, 0.6) is 0 Å². The van der Waals surface area contributed by atoms with Gasteiger partial charge in [0.2, 0.25) is 6.29 Å². The molecule has 4 atom stereocenters. The third-order valence-corrected chi connectivity index (χ3v) is 2.23. The number of nitrogens with two attached hydrogens (primary N) is 1. The maximum atomic E-state index is 10.4. The van der Waals surface area contributed by atoms with Crippen LogP contribution in [0.25, 0.3) is 0 Å². The Kier molecular flexibility index (Phi) is 6.03. The Morgan fingerprint density at radius 2 is 2.07 bits per heavy atom. The number of aliphatic hydroxyl groups is 2. The lowest BCUT2D eigenvalue weighted by molar-refractivity contribution is -0.184. The highest BCUT2D eigenvalue weighted by atomic mass is 35.5. The first kappa shape index (κ1) is 13.6. The van der Waals surface area contributed by atoms with Gasteiger partial charge in [-0.3, -0.25) is 4.79 Å². The van der Waals surface area contributed by atoms with E-state index in [-0.39, 0.29) is 12.5 Å². The smallest absolute Gasteiger partial charge is 0.305 e. The predicted octanol–water partition coefficient (Wildman–Crippen LogP) is -0.427. The summed E-state index contributed by atoms with van der Waals surface area (Å²) in [5.74, 6) is -0.663. The summed E-state index contributed by atoms with van der Waals surface area (Å²) >= 11 is 5.75. The molecule has 0 bridgehead atoms. The summed E-state index contributed by atoms with van der Waals surface area (Å²) < 4.78 is 4.36. The van der Waals surface area contributed by atoms with Crippen molar-refractivity contribution in [3.05, 3.63) is 0 Å². The standard InChI is InChI=1S/C8H16ClNO4/c1-4(10)6(9)3-7(12)8(13)14-5(2)11/h4,6-8,12-13H,3,10H2,1-2H3. The second kappa shape index (κ2) is 6.19. The van der Waals surface area contributed by atoms with E-state index in [4.69, 9.17) is 22.4 Å². The van der Waals surface area contributed by atoms with Gasteiger partial charge in [-0.25, -0.2) is 0 Å². The van der Waals surface area contributed by atoms with E-state index in [0.717, 1.165) is 6.92 Å². The molecule has 0 saturated heterocycles. The van der Waals surface area contributed by atoms with Gasteiger partial charge in [0.05, 0.1) is 5.38 Å². The molecule has 0 aliphatic rings. The Morgan fingerprint density at radius 3 is 2.43 bits per heavy atom. The van der Waals surface area contributed by atoms with Crippen molar-refractivity contribution in [1.82, 2.24) is 0 Å². The van der Waals surface area contributed by atoms with Gasteiger partial charge in [0.15, 0.2) is 0 Å². The fourth-order valence-corrected chi connectivity index (χ4v) is 0.993. The Morgan fingerprint density at radius 1 is 1.57 bits per heavy atom. The molecule has 0 aromatic rings. The molecule has 0 spiro atoms. The van der Waals surface area contributed by atoms with Crippen molar-refractivity contribution in [3.63, 3.8) is 0 Å². The molecule has 0 rings (SSSR count). The molecule has 4 unspecified atom stereocenters. The van der Waals surface area contributed by atoms with Gasteiger partial charge in [0, 0.05) is 13.0 Å². The zero-order valence-corrected chi connectivity index (χ0v) is 8.94. The van der Waals surface area contributed by atoms with Crippen LogP contribution < -0.4 is 5.73 Å². The molecular weight excluding hydrogens is 210 g/mol. The van der Waals surface area contributed by atoms with Crippen molar-refractivity contribution < 1.29 is 19.7 Å². The monoisotopic (exact) mass is 225 g/mol. The number of carbonyl (C=O) groups is 1. The van der Waals surface area contributed by atoms with E-state index in [2.05, 4.69) is 4.74 Å². The molecule has 0 radical (unpaired) electrons. The maximum Gasteiger partial charge on any atom is 0.305 e. The summed E-state index contributed by atoms with van der Waals surface area (Å²) in [6.45, 7) is 2.82. The van der Waals surface area contributed by atoms with E-state index in [9.17, 15) is 9.90 Å². The minimum Gasteiger partial charge on any atom is -0.433 e. The number of hydrogen-bond donors (Lipinski definition) is 3. The lowest BCUT2D eigenvalue weighted by atomic mass is 10.1. The quantitative estimate of drug-likeness (QED) is 0.336. The highest BCUT2D eigenvalue weighted by molar-refractivity contribution is 6.21. The maximum absolute atomic E-state index is 10.4. The number of rotatable bonds is 5. The Bertz CT molecular complexity index is 188. The van der Waals surface area contributed by atoms with Gasteiger partial charge in [0.1, 0.15) is 6.10 Å². The number of carbonyl (C=O) groups excluding carboxylic acids is 1. The number of alkyl halides is 1. The van der Waals surface area contributed by atoms with Crippen LogP contribution in [0.1, 0.15) is 20.3 Å². The molecule has 5 nitrogen and oxygen atoms in total. The van der Waals surface area contributed by atoms with E-state index in [1.54, 1.807) is 6.92 Å². The highest BCUT2D eigenvalue weighted by Crippen LogP contribution is 2.12.